The lowest BCUT2D eigenvalue weighted by atomic mass is 9.62. The molecule has 5 rings (SSSR count). The lowest BCUT2D eigenvalue weighted by molar-refractivity contribution is 0.0912. The lowest BCUT2D eigenvalue weighted by Crippen LogP contribution is -2.38. The van der Waals surface area contributed by atoms with E-state index in [0.29, 0.717) is 0 Å². The van der Waals surface area contributed by atoms with E-state index in [1.54, 1.807) is 89.9 Å². The maximum Gasteiger partial charge on any atom is 0.0112 e. The van der Waals surface area contributed by atoms with E-state index in [0.717, 1.165) is 46.0 Å². The second kappa shape index (κ2) is 7.76. The first kappa shape index (κ1) is 17.4. The highest BCUT2D eigenvalue weighted by Crippen LogP contribution is 2.59. The van der Waals surface area contributed by atoms with Gasteiger partial charge in [-0.1, -0.05) is 70.6 Å². The quantitative estimate of drug-likeness (QED) is 0.492. The molecule has 0 N–H and O–H groups in total. The number of rotatable bonds is 2. The molecule has 4 aliphatic carbocycles. The van der Waals surface area contributed by atoms with Gasteiger partial charge >= 0.3 is 0 Å². The molecule has 5 aliphatic rings. The predicted molar refractivity (Wildman–Crippen MR) is 110 cm³/mol. The van der Waals surface area contributed by atoms with Crippen molar-refractivity contribution < 1.29 is 0 Å². The van der Waals surface area contributed by atoms with E-state index in [1.165, 1.54) is 12.8 Å². The van der Waals surface area contributed by atoms with Crippen molar-refractivity contribution in [2.24, 2.45) is 35.5 Å². The SMILES string of the molecule is C1CCC(C2CCCC(C3CCCC4C5CCCCC5SC34)C2)CC1. The molecular formula is C24H40S. The van der Waals surface area contributed by atoms with E-state index in [2.05, 4.69) is 11.8 Å². The zero-order valence-electron chi connectivity index (χ0n) is 16.3. The fourth-order valence-corrected chi connectivity index (χ4v) is 10.4. The van der Waals surface area contributed by atoms with Crippen molar-refractivity contribution in [1.29, 1.82) is 0 Å². The predicted octanol–water partition coefficient (Wildman–Crippen LogP) is 7.46. The van der Waals surface area contributed by atoms with E-state index in [4.69, 9.17) is 0 Å². The van der Waals surface area contributed by atoms with Crippen molar-refractivity contribution in [3.63, 3.8) is 0 Å². The van der Waals surface area contributed by atoms with E-state index in [9.17, 15) is 0 Å². The van der Waals surface area contributed by atoms with Crippen molar-refractivity contribution in [3.05, 3.63) is 0 Å². The summed E-state index contributed by atoms with van der Waals surface area (Å²) in [4.78, 5) is 0. The number of hydrogen-bond acceptors (Lipinski definition) is 1. The molecular weight excluding hydrogens is 320 g/mol. The lowest BCUT2D eigenvalue weighted by Gasteiger charge is -2.44. The van der Waals surface area contributed by atoms with Crippen molar-refractivity contribution in [2.45, 2.75) is 113 Å². The van der Waals surface area contributed by atoms with E-state index >= 15 is 0 Å². The minimum Gasteiger partial charge on any atom is -0.154 e. The van der Waals surface area contributed by atoms with E-state index in [1.807, 2.05) is 0 Å². The van der Waals surface area contributed by atoms with Crippen LogP contribution in [-0.4, -0.2) is 10.5 Å². The van der Waals surface area contributed by atoms with Crippen LogP contribution >= 0.6 is 11.8 Å². The van der Waals surface area contributed by atoms with Crippen LogP contribution in [0.3, 0.4) is 0 Å². The Balaban J connectivity index is 1.27. The fraction of sp³-hybridized carbons (Fsp3) is 1.00. The van der Waals surface area contributed by atoms with E-state index < -0.39 is 0 Å². The highest BCUT2D eigenvalue weighted by atomic mass is 32.2. The minimum atomic E-state index is 1.07. The molecule has 0 aromatic carbocycles. The summed E-state index contributed by atoms with van der Waals surface area (Å²) in [7, 11) is 0. The summed E-state index contributed by atoms with van der Waals surface area (Å²) in [6.07, 6.45) is 25.1. The zero-order valence-corrected chi connectivity index (χ0v) is 17.2. The number of fused-ring (bicyclic) bond motifs is 3. The van der Waals surface area contributed by atoms with Gasteiger partial charge in [0.2, 0.25) is 0 Å². The Morgan fingerprint density at radius 1 is 0.440 bits per heavy atom. The van der Waals surface area contributed by atoms with Gasteiger partial charge in [-0.15, -0.1) is 0 Å². The molecule has 0 spiro atoms. The Morgan fingerprint density at radius 3 is 2.00 bits per heavy atom. The molecule has 0 radical (unpaired) electrons. The first-order chi connectivity index (χ1) is 12.4. The average molecular weight is 361 g/mol. The molecule has 7 unspecified atom stereocenters. The summed E-state index contributed by atoms with van der Waals surface area (Å²) in [6.45, 7) is 0. The van der Waals surface area contributed by atoms with Gasteiger partial charge in [0.15, 0.2) is 0 Å². The van der Waals surface area contributed by atoms with Crippen LogP contribution in [0.25, 0.3) is 0 Å². The third-order valence-corrected chi connectivity index (χ3v) is 11.2. The van der Waals surface area contributed by atoms with Crippen LogP contribution in [-0.2, 0) is 0 Å². The molecule has 142 valence electrons. The molecule has 0 bridgehead atoms. The Hall–Kier alpha value is 0.350. The maximum atomic E-state index is 2.52. The Kier molecular flexibility index (Phi) is 5.42. The molecule has 0 nitrogen and oxygen atoms in total. The molecule has 25 heavy (non-hydrogen) atoms. The largest absolute Gasteiger partial charge is 0.154 e. The molecule has 5 fully saturated rings. The third-order valence-electron chi connectivity index (χ3n) is 9.23. The normalized spacial score (nSPS) is 48.7. The van der Waals surface area contributed by atoms with Crippen LogP contribution in [0.2, 0.25) is 0 Å². The topological polar surface area (TPSA) is 0 Å². The van der Waals surface area contributed by atoms with Gasteiger partial charge in [0.1, 0.15) is 0 Å². The Labute approximate surface area is 160 Å². The third kappa shape index (κ3) is 3.45. The van der Waals surface area contributed by atoms with Crippen LogP contribution < -0.4 is 0 Å². The van der Waals surface area contributed by atoms with Gasteiger partial charge in [-0.05, 0) is 67.6 Å². The molecule has 0 aromatic rings. The van der Waals surface area contributed by atoms with Crippen LogP contribution in [0.15, 0.2) is 0 Å². The highest BCUT2D eigenvalue weighted by molar-refractivity contribution is 8.00. The van der Waals surface area contributed by atoms with Crippen molar-refractivity contribution >= 4 is 11.8 Å². The first-order valence-corrected chi connectivity index (χ1v) is 13.0. The summed E-state index contributed by atoms with van der Waals surface area (Å²) in [5.74, 6) is 6.72. The van der Waals surface area contributed by atoms with Crippen molar-refractivity contribution in [1.82, 2.24) is 0 Å². The van der Waals surface area contributed by atoms with Crippen LogP contribution in [0, 0.1) is 35.5 Å². The molecule has 1 saturated heterocycles. The number of thioether (sulfide) groups is 1. The van der Waals surface area contributed by atoms with Crippen LogP contribution in [0.5, 0.6) is 0 Å². The van der Waals surface area contributed by atoms with Crippen molar-refractivity contribution in [2.75, 3.05) is 0 Å². The second-order valence-electron chi connectivity index (χ2n) is 10.4. The highest BCUT2D eigenvalue weighted by Gasteiger charge is 2.50. The van der Waals surface area contributed by atoms with Gasteiger partial charge in [-0.3, -0.25) is 0 Å². The van der Waals surface area contributed by atoms with Gasteiger partial charge in [-0.25, -0.2) is 0 Å². The van der Waals surface area contributed by atoms with Gasteiger partial charge in [0.25, 0.3) is 0 Å². The van der Waals surface area contributed by atoms with Crippen LogP contribution in [0.4, 0.5) is 0 Å². The monoisotopic (exact) mass is 360 g/mol. The van der Waals surface area contributed by atoms with Gasteiger partial charge < -0.3 is 0 Å². The van der Waals surface area contributed by atoms with Crippen molar-refractivity contribution in [3.8, 4) is 0 Å². The smallest absolute Gasteiger partial charge is 0.0112 e. The molecule has 7 atom stereocenters. The fourth-order valence-electron chi connectivity index (χ4n) is 8.07. The van der Waals surface area contributed by atoms with Gasteiger partial charge in [0, 0.05) is 10.5 Å². The molecule has 1 aliphatic heterocycles. The first-order valence-electron chi connectivity index (χ1n) is 12.1. The standard InChI is InChI=1S/C24H40S/c1-2-8-17(9-3-1)18-10-6-11-19(16-18)20-13-7-14-22-21-12-4-5-15-23(21)25-24(20)22/h17-24H,1-16H2. The Bertz CT molecular complexity index is 439. The van der Waals surface area contributed by atoms with E-state index in [-0.39, 0.29) is 0 Å². The summed E-state index contributed by atoms with van der Waals surface area (Å²) >= 11 is 2.52. The molecule has 1 heterocycles. The Morgan fingerprint density at radius 2 is 1.08 bits per heavy atom. The second-order valence-corrected chi connectivity index (χ2v) is 11.9. The minimum absolute atomic E-state index is 1.07. The summed E-state index contributed by atoms with van der Waals surface area (Å²) in [6, 6.07) is 0. The summed E-state index contributed by atoms with van der Waals surface area (Å²) < 4.78 is 0. The summed E-state index contributed by atoms with van der Waals surface area (Å²) in [5.41, 5.74) is 0. The van der Waals surface area contributed by atoms with Gasteiger partial charge in [-0.2, -0.15) is 11.8 Å². The maximum absolute atomic E-state index is 2.52. The van der Waals surface area contributed by atoms with Crippen LogP contribution in [0.1, 0.15) is 103 Å². The molecule has 4 saturated carbocycles. The average Bonchev–Trinajstić information content (AvgIpc) is 3.07. The molecule has 0 aromatic heterocycles. The molecule has 0 amide bonds. The number of hydrogen-bond donors (Lipinski definition) is 0. The zero-order chi connectivity index (χ0) is 16.6. The molecule has 1 heteroatoms. The summed E-state index contributed by atoms with van der Waals surface area (Å²) in [5, 5.41) is 2.15. The van der Waals surface area contributed by atoms with Gasteiger partial charge in [0.05, 0.1) is 0 Å².